The van der Waals surface area contributed by atoms with E-state index in [0.29, 0.717) is 12.5 Å². The van der Waals surface area contributed by atoms with Crippen molar-refractivity contribution in [2.45, 2.75) is 33.3 Å². The van der Waals surface area contributed by atoms with Crippen molar-refractivity contribution < 1.29 is 9.84 Å². The molecule has 10 heavy (non-hydrogen) atoms. The van der Waals surface area contributed by atoms with Crippen molar-refractivity contribution in [3.05, 3.63) is 0 Å². The number of hydrogen-bond donors (Lipinski definition) is 1. The highest BCUT2D eigenvalue weighted by Crippen LogP contribution is 2.00. The van der Waals surface area contributed by atoms with Crippen LogP contribution >= 0.6 is 0 Å². The Kier molecular flexibility index (Phi) is 5.64. The van der Waals surface area contributed by atoms with Gasteiger partial charge in [-0.2, -0.15) is 0 Å². The van der Waals surface area contributed by atoms with Crippen LogP contribution in [0.25, 0.3) is 0 Å². The Morgan fingerprint density at radius 2 is 1.90 bits per heavy atom. The van der Waals surface area contributed by atoms with Gasteiger partial charge in [-0.3, -0.25) is 0 Å². The number of hydrogen-bond acceptors (Lipinski definition) is 2. The molecular formula is C8H18O2. The van der Waals surface area contributed by atoms with E-state index in [2.05, 4.69) is 13.8 Å². The van der Waals surface area contributed by atoms with Gasteiger partial charge in [0.15, 0.2) is 0 Å². The van der Waals surface area contributed by atoms with Crippen molar-refractivity contribution >= 4 is 0 Å². The van der Waals surface area contributed by atoms with Crippen molar-refractivity contribution in [3.63, 3.8) is 0 Å². The minimum Gasteiger partial charge on any atom is -0.391 e. The molecule has 1 N–H and O–H groups in total. The third kappa shape index (κ3) is 6.05. The van der Waals surface area contributed by atoms with E-state index >= 15 is 0 Å². The van der Waals surface area contributed by atoms with Gasteiger partial charge in [-0.05, 0) is 12.8 Å². The van der Waals surface area contributed by atoms with E-state index in [1.807, 2.05) is 0 Å². The summed E-state index contributed by atoms with van der Waals surface area (Å²) in [5, 5.41) is 8.81. The molecule has 0 spiro atoms. The van der Waals surface area contributed by atoms with Gasteiger partial charge in [0, 0.05) is 6.61 Å². The van der Waals surface area contributed by atoms with Crippen LogP contribution in [0.2, 0.25) is 0 Å². The fourth-order valence-electron chi connectivity index (χ4n) is 0.558. The Morgan fingerprint density at radius 3 is 2.30 bits per heavy atom. The third-order valence-corrected chi connectivity index (χ3v) is 1.46. The summed E-state index contributed by atoms with van der Waals surface area (Å²) >= 11 is 0. The molecule has 0 fully saturated rings. The first kappa shape index (κ1) is 9.92. The average molecular weight is 146 g/mol. The summed E-state index contributed by atoms with van der Waals surface area (Å²) in [4.78, 5) is 0. The van der Waals surface area contributed by atoms with Gasteiger partial charge < -0.3 is 9.84 Å². The highest BCUT2D eigenvalue weighted by atomic mass is 16.5. The maximum absolute atomic E-state index is 8.81. The fourth-order valence-corrected chi connectivity index (χ4v) is 0.558. The van der Waals surface area contributed by atoms with E-state index < -0.39 is 0 Å². The number of ether oxygens (including phenoxy) is 1. The molecule has 2 nitrogen and oxygen atoms in total. The van der Waals surface area contributed by atoms with Crippen molar-refractivity contribution in [2.24, 2.45) is 5.92 Å². The predicted octanol–water partition coefficient (Wildman–Crippen LogP) is 1.43. The molecule has 0 heterocycles. The fraction of sp³-hybridized carbons (Fsp3) is 1.00. The molecule has 2 atom stereocenters. The molecule has 0 amide bonds. The molecule has 62 valence electrons. The lowest BCUT2D eigenvalue weighted by atomic mass is 10.1. The van der Waals surface area contributed by atoms with Crippen LogP contribution in [-0.2, 0) is 4.74 Å². The van der Waals surface area contributed by atoms with E-state index in [1.54, 1.807) is 6.92 Å². The quantitative estimate of drug-likeness (QED) is 0.635. The zero-order valence-electron chi connectivity index (χ0n) is 7.13. The normalized spacial score (nSPS) is 16.8. The molecule has 0 aliphatic rings. The van der Waals surface area contributed by atoms with Gasteiger partial charge in [0.05, 0.1) is 12.7 Å². The average Bonchev–Trinajstić information content (AvgIpc) is 1.87. The summed E-state index contributed by atoms with van der Waals surface area (Å²) in [6.07, 6.45) is 0.809. The summed E-state index contributed by atoms with van der Waals surface area (Å²) in [6, 6.07) is 0. The monoisotopic (exact) mass is 146 g/mol. The standard InChI is InChI=1S/C8H18O2/c1-4-7(2)5-10-6-8(3)9/h7-9H,4-6H2,1-3H3/t7-,8+/m0/s1. The Morgan fingerprint density at radius 1 is 1.30 bits per heavy atom. The van der Waals surface area contributed by atoms with Crippen LogP contribution in [0.15, 0.2) is 0 Å². The second-order valence-electron chi connectivity index (χ2n) is 2.90. The Labute approximate surface area is 63.2 Å². The Balaban J connectivity index is 3.03. The molecule has 0 aromatic rings. The molecule has 0 aromatic heterocycles. The van der Waals surface area contributed by atoms with Gasteiger partial charge in [0.25, 0.3) is 0 Å². The van der Waals surface area contributed by atoms with E-state index in [9.17, 15) is 0 Å². The van der Waals surface area contributed by atoms with E-state index in [4.69, 9.17) is 9.84 Å². The van der Waals surface area contributed by atoms with E-state index in [0.717, 1.165) is 13.0 Å². The Hall–Kier alpha value is -0.0800. The van der Waals surface area contributed by atoms with Crippen LogP contribution in [-0.4, -0.2) is 24.4 Å². The van der Waals surface area contributed by atoms with Gasteiger partial charge in [-0.15, -0.1) is 0 Å². The summed E-state index contributed by atoms with van der Waals surface area (Å²) in [7, 11) is 0. The smallest absolute Gasteiger partial charge is 0.0745 e. The number of aliphatic hydroxyl groups is 1. The molecule has 0 aliphatic carbocycles. The minimum absolute atomic E-state index is 0.330. The SMILES string of the molecule is CC[C@H](C)COC[C@@H](C)O. The van der Waals surface area contributed by atoms with Gasteiger partial charge in [0.2, 0.25) is 0 Å². The molecule has 0 unspecified atom stereocenters. The van der Waals surface area contributed by atoms with Crippen LogP contribution in [0.3, 0.4) is 0 Å². The van der Waals surface area contributed by atoms with E-state index in [1.165, 1.54) is 0 Å². The summed E-state index contributed by atoms with van der Waals surface area (Å²) in [5.74, 6) is 0.610. The lowest BCUT2D eigenvalue weighted by Crippen LogP contribution is -2.14. The number of rotatable bonds is 5. The van der Waals surface area contributed by atoms with Gasteiger partial charge >= 0.3 is 0 Å². The zero-order chi connectivity index (χ0) is 7.98. The number of aliphatic hydroxyl groups excluding tert-OH is 1. The second-order valence-corrected chi connectivity index (χ2v) is 2.90. The maximum atomic E-state index is 8.81. The molecular weight excluding hydrogens is 128 g/mol. The topological polar surface area (TPSA) is 29.5 Å². The van der Waals surface area contributed by atoms with Crippen LogP contribution in [0.5, 0.6) is 0 Å². The minimum atomic E-state index is -0.330. The molecule has 0 bridgehead atoms. The van der Waals surface area contributed by atoms with Gasteiger partial charge in [-0.1, -0.05) is 20.3 Å². The highest BCUT2D eigenvalue weighted by Gasteiger charge is 1.99. The predicted molar refractivity (Wildman–Crippen MR) is 42.0 cm³/mol. The van der Waals surface area contributed by atoms with Crippen molar-refractivity contribution in [2.75, 3.05) is 13.2 Å². The van der Waals surface area contributed by atoms with Crippen LogP contribution in [0.4, 0.5) is 0 Å². The molecule has 2 heteroatoms. The summed E-state index contributed by atoms with van der Waals surface area (Å²) < 4.78 is 5.20. The zero-order valence-corrected chi connectivity index (χ0v) is 7.13. The first-order chi connectivity index (χ1) is 4.66. The Bertz CT molecular complexity index is 71.7. The third-order valence-electron chi connectivity index (χ3n) is 1.46. The van der Waals surface area contributed by atoms with Gasteiger partial charge in [-0.25, -0.2) is 0 Å². The molecule has 0 rings (SSSR count). The second kappa shape index (κ2) is 5.69. The highest BCUT2D eigenvalue weighted by molar-refractivity contribution is 4.47. The van der Waals surface area contributed by atoms with Crippen LogP contribution < -0.4 is 0 Å². The first-order valence-corrected chi connectivity index (χ1v) is 3.92. The molecule has 0 aromatic carbocycles. The largest absolute Gasteiger partial charge is 0.391 e. The van der Waals surface area contributed by atoms with Crippen LogP contribution in [0, 0.1) is 5.92 Å². The molecule has 0 radical (unpaired) electrons. The van der Waals surface area contributed by atoms with Crippen molar-refractivity contribution in [3.8, 4) is 0 Å². The summed E-state index contributed by atoms with van der Waals surface area (Å²) in [5.41, 5.74) is 0. The maximum Gasteiger partial charge on any atom is 0.0745 e. The van der Waals surface area contributed by atoms with Crippen molar-refractivity contribution in [1.82, 2.24) is 0 Å². The lowest BCUT2D eigenvalue weighted by Gasteiger charge is -2.10. The van der Waals surface area contributed by atoms with E-state index in [-0.39, 0.29) is 6.10 Å². The molecule has 0 aliphatic heterocycles. The lowest BCUT2D eigenvalue weighted by molar-refractivity contribution is 0.0314. The van der Waals surface area contributed by atoms with Crippen molar-refractivity contribution in [1.29, 1.82) is 0 Å². The molecule has 0 saturated carbocycles. The first-order valence-electron chi connectivity index (χ1n) is 3.92. The van der Waals surface area contributed by atoms with Gasteiger partial charge in [0.1, 0.15) is 0 Å². The molecule has 0 saturated heterocycles. The van der Waals surface area contributed by atoms with Crippen LogP contribution in [0.1, 0.15) is 27.2 Å². The summed E-state index contributed by atoms with van der Waals surface area (Å²) in [6.45, 7) is 7.24.